The van der Waals surface area contributed by atoms with Crippen LogP contribution in [-0.2, 0) is 19.4 Å². The summed E-state index contributed by atoms with van der Waals surface area (Å²) in [5.41, 5.74) is 9.60. The molecule has 1 aliphatic rings. The molecule has 0 aliphatic heterocycles. The molecule has 0 bridgehead atoms. The summed E-state index contributed by atoms with van der Waals surface area (Å²) in [4.78, 5) is 15.7. The number of aryl methyl sites for hydroxylation is 2. The number of carboxylic acids is 1. The Labute approximate surface area is 122 Å². The van der Waals surface area contributed by atoms with Crippen molar-refractivity contribution in [3.05, 3.63) is 35.3 Å². The minimum absolute atomic E-state index is 0.324. The maximum Gasteiger partial charge on any atom is 0.354 e. The summed E-state index contributed by atoms with van der Waals surface area (Å²) in [5.74, 6) is -0.908. The zero-order chi connectivity index (χ0) is 14.8. The molecule has 0 saturated carbocycles. The first-order chi connectivity index (χ1) is 10.2. The summed E-state index contributed by atoms with van der Waals surface area (Å²) in [7, 11) is 0. The fraction of sp³-hybridized carbons (Fsp3) is 0.400. The van der Waals surface area contributed by atoms with Gasteiger partial charge in [0.2, 0.25) is 0 Å². The van der Waals surface area contributed by atoms with Crippen molar-refractivity contribution in [3.63, 3.8) is 0 Å². The van der Waals surface area contributed by atoms with E-state index < -0.39 is 5.97 Å². The lowest BCUT2D eigenvalue weighted by Gasteiger charge is -2.14. The maximum atomic E-state index is 11.6. The molecular weight excluding hydrogens is 268 g/mol. The minimum Gasteiger partial charge on any atom is -0.477 e. The molecule has 0 atom stereocenters. The highest BCUT2D eigenvalue weighted by molar-refractivity contribution is 5.90. The molecule has 2 heterocycles. The van der Waals surface area contributed by atoms with Crippen LogP contribution in [0.2, 0.25) is 0 Å². The zero-order valence-corrected chi connectivity index (χ0v) is 11.7. The van der Waals surface area contributed by atoms with Gasteiger partial charge in [-0.15, -0.1) is 0 Å². The van der Waals surface area contributed by atoms with Gasteiger partial charge in [-0.25, -0.2) is 4.79 Å². The van der Waals surface area contributed by atoms with Gasteiger partial charge in [-0.05, 0) is 43.9 Å². The fourth-order valence-electron chi connectivity index (χ4n) is 2.88. The van der Waals surface area contributed by atoms with Crippen LogP contribution in [0.25, 0.3) is 11.3 Å². The third-order valence-corrected chi connectivity index (χ3v) is 3.88. The normalized spacial score (nSPS) is 12.8. The number of nitrogens with two attached hydrogens (primary N) is 1. The van der Waals surface area contributed by atoms with Crippen LogP contribution >= 0.6 is 0 Å². The Kier molecular flexibility index (Phi) is 3.70. The largest absolute Gasteiger partial charge is 0.477 e. The summed E-state index contributed by atoms with van der Waals surface area (Å²) >= 11 is 0. The molecule has 2 aromatic rings. The molecular formula is C15H18N4O2. The van der Waals surface area contributed by atoms with Crippen LogP contribution in [0.5, 0.6) is 0 Å². The highest BCUT2D eigenvalue weighted by atomic mass is 16.4. The van der Waals surface area contributed by atoms with Crippen molar-refractivity contribution in [3.8, 4) is 11.3 Å². The van der Waals surface area contributed by atoms with Crippen molar-refractivity contribution in [1.29, 1.82) is 0 Å². The van der Waals surface area contributed by atoms with E-state index >= 15 is 0 Å². The van der Waals surface area contributed by atoms with E-state index in [1.807, 2.05) is 12.3 Å². The quantitative estimate of drug-likeness (QED) is 0.812. The van der Waals surface area contributed by atoms with Crippen LogP contribution < -0.4 is 5.73 Å². The van der Waals surface area contributed by atoms with Crippen molar-refractivity contribution in [1.82, 2.24) is 14.8 Å². The zero-order valence-electron chi connectivity index (χ0n) is 11.7. The van der Waals surface area contributed by atoms with E-state index in [0.717, 1.165) is 41.6 Å². The molecule has 3 rings (SSSR count). The SMILES string of the molecule is NCCCCn1nc2c(c1C(=O)O)CCc1cnccc1-2. The average molecular weight is 286 g/mol. The Morgan fingerprint density at radius 2 is 2.24 bits per heavy atom. The lowest BCUT2D eigenvalue weighted by atomic mass is 9.90. The van der Waals surface area contributed by atoms with Crippen molar-refractivity contribution in [2.45, 2.75) is 32.2 Å². The Bertz CT molecular complexity index is 678. The third kappa shape index (κ3) is 2.42. The Hall–Kier alpha value is -2.21. The van der Waals surface area contributed by atoms with Gasteiger partial charge in [-0.2, -0.15) is 5.10 Å². The molecule has 6 heteroatoms. The summed E-state index contributed by atoms with van der Waals surface area (Å²) in [5, 5.41) is 14.1. The molecule has 0 aromatic carbocycles. The van der Waals surface area contributed by atoms with Crippen LogP contribution in [0.3, 0.4) is 0 Å². The van der Waals surface area contributed by atoms with E-state index in [-0.39, 0.29) is 0 Å². The average Bonchev–Trinajstić information content (AvgIpc) is 2.86. The smallest absolute Gasteiger partial charge is 0.354 e. The highest BCUT2D eigenvalue weighted by Crippen LogP contribution is 2.34. The van der Waals surface area contributed by atoms with Gasteiger partial charge in [-0.3, -0.25) is 9.67 Å². The van der Waals surface area contributed by atoms with Crippen LogP contribution in [-0.4, -0.2) is 32.4 Å². The fourth-order valence-corrected chi connectivity index (χ4v) is 2.88. The highest BCUT2D eigenvalue weighted by Gasteiger charge is 2.27. The number of fused-ring (bicyclic) bond motifs is 3. The predicted molar refractivity (Wildman–Crippen MR) is 78.1 cm³/mol. The summed E-state index contributed by atoms with van der Waals surface area (Å²) < 4.78 is 1.62. The van der Waals surface area contributed by atoms with Crippen molar-refractivity contribution in [2.24, 2.45) is 5.73 Å². The van der Waals surface area contributed by atoms with Crippen LogP contribution in [0.1, 0.15) is 34.5 Å². The van der Waals surface area contributed by atoms with Gasteiger partial charge in [0.25, 0.3) is 0 Å². The number of aromatic nitrogens is 3. The Morgan fingerprint density at radius 3 is 3.00 bits per heavy atom. The maximum absolute atomic E-state index is 11.6. The molecule has 0 radical (unpaired) electrons. The van der Waals surface area contributed by atoms with Gasteiger partial charge >= 0.3 is 5.97 Å². The van der Waals surface area contributed by atoms with Crippen molar-refractivity contribution in [2.75, 3.05) is 6.54 Å². The van der Waals surface area contributed by atoms with Crippen LogP contribution in [0, 0.1) is 0 Å². The molecule has 3 N–H and O–H groups in total. The van der Waals surface area contributed by atoms with Gasteiger partial charge < -0.3 is 10.8 Å². The molecule has 6 nitrogen and oxygen atoms in total. The number of unbranched alkanes of at least 4 members (excludes halogenated alkanes) is 1. The van der Waals surface area contributed by atoms with Gasteiger partial charge in [0, 0.05) is 30.1 Å². The first-order valence-electron chi connectivity index (χ1n) is 7.18. The molecule has 1 aliphatic carbocycles. The number of carbonyl (C=O) groups is 1. The number of hydrogen-bond donors (Lipinski definition) is 2. The number of nitrogens with zero attached hydrogens (tertiary/aromatic N) is 3. The topological polar surface area (TPSA) is 94.0 Å². The van der Waals surface area contributed by atoms with E-state index in [1.165, 1.54) is 0 Å². The van der Waals surface area contributed by atoms with E-state index in [4.69, 9.17) is 5.73 Å². The predicted octanol–water partition coefficient (Wildman–Crippen LogP) is 1.48. The number of hydrogen-bond acceptors (Lipinski definition) is 4. The standard InChI is InChI=1S/C15H18N4O2/c16-6-1-2-8-19-14(15(20)21)12-4-3-10-9-17-7-5-11(10)13(12)18-19/h5,7,9H,1-4,6,8,16H2,(H,20,21). The third-order valence-electron chi connectivity index (χ3n) is 3.88. The first kappa shape index (κ1) is 13.8. The molecule has 0 saturated heterocycles. The van der Waals surface area contributed by atoms with E-state index in [9.17, 15) is 9.90 Å². The number of carboxylic acid groups (broad SMARTS) is 1. The second-order valence-electron chi connectivity index (χ2n) is 5.23. The summed E-state index contributed by atoms with van der Waals surface area (Å²) in [6, 6.07) is 1.91. The van der Waals surface area contributed by atoms with Gasteiger partial charge in [0.15, 0.2) is 0 Å². The summed E-state index contributed by atoms with van der Waals surface area (Å²) in [6.45, 7) is 1.20. The monoisotopic (exact) mass is 286 g/mol. The summed E-state index contributed by atoms with van der Waals surface area (Å²) in [6.07, 6.45) is 6.77. The van der Waals surface area contributed by atoms with Gasteiger partial charge in [0.05, 0.1) is 5.69 Å². The Morgan fingerprint density at radius 1 is 1.38 bits per heavy atom. The molecule has 0 spiro atoms. The van der Waals surface area contributed by atoms with Crippen molar-refractivity contribution < 1.29 is 9.90 Å². The second-order valence-corrected chi connectivity index (χ2v) is 5.23. The van der Waals surface area contributed by atoms with Crippen LogP contribution in [0.4, 0.5) is 0 Å². The Balaban J connectivity index is 2.05. The number of aromatic carboxylic acids is 1. The minimum atomic E-state index is -0.908. The number of rotatable bonds is 5. The lowest BCUT2D eigenvalue weighted by molar-refractivity contribution is 0.0681. The van der Waals surface area contributed by atoms with E-state index in [1.54, 1.807) is 10.9 Å². The molecule has 0 unspecified atom stereocenters. The van der Waals surface area contributed by atoms with Crippen LogP contribution in [0.15, 0.2) is 18.5 Å². The van der Waals surface area contributed by atoms with Gasteiger partial charge in [-0.1, -0.05) is 0 Å². The molecule has 2 aromatic heterocycles. The lowest BCUT2D eigenvalue weighted by Crippen LogP contribution is -2.13. The van der Waals surface area contributed by atoms with E-state index in [2.05, 4.69) is 10.1 Å². The van der Waals surface area contributed by atoms with E-state index in [0.29, 0.717) is 25.2 Å². The van der Waals surface area contributed by atoms with Crippen molar-refractivity contribution >= 4 is 5.97 Å². The molecule has 110 valence electrons. The first-order valence-corrected chi connectivity index (χ1v) is 7.18. The molecule has 0 amide bonds. The molecule has 0 fully saturated rings. The van der Waals surface area contributed by atoms with Gasteiger partial charge in [0.1, 0.15) is 5.69 Å². The molecule has 21 heavy (non-hydrogen) atoms. The number of pyridine rings is 1. The second kappa shape index (κ2) is 5.65.